The Balaban J connectivity index is 0.0000115. The SMILES string of the molecule is CC/C=C\C/C=C\C/C=C\C/C=C\C/C=C\C/C=C\CCC(=O)OC1CC2OCC2(O)C2C(OC(=O)c3ccccc3)C3(O)CC(OC(=O)C(C)C(NC(=O)OC(C)(C)C)c4ccccc4)C(C)=C(C(O)C(=O)C12C)C3(C)C.[Ac]. The first-order valence-corrected chi connectivity index (χ1v) is 27.6. The van der Waals surface area contributed by atoms with Gasteiger partial charge in [0.05, 0.1) is 35.6 Å². The smallest absolute Gasteiger partial charge is 0.408 e. The molecule has 2 aromatic rings. The summed E-state index contributed by atoms with van der Waals surface area (Å²) in [5.74, 6) is -5.78. The van der Waals surface area contributed by atoms with Gasteiger partial charge in [0.15, 0.2) is 5.78 Å². The second-order valence-electron chi connectivity index (χ2n) is 22.8. The van der Waals surface area contributed by atoms with Crippen LogP contribution in [0, 0.1) is 66.7 Å². The Morgan fingerprint density at radius 3 is 1.84 bits per heavy atom. The second kappa shape index (κ2) is 28.8. The molecule has 1 heterocycles. The van der Waals surface area contributed by atoms with Crippen LogP contribution in [0.15, 0.2) is 145 Å². The summed E-state index contributed by atoms with van der Waals surface area (Å²) in [6.07, 6.45) is 21.9. The number of rotatable bonds is 22. The Morgan fingerprint density at radius 2 is 1.32 bits per heavy atom. The van der Waals surface area contributed by atoms with Gasteiger partial charge in [-0.05, 0) is 115 Å². The fourth-order valence-corrected chi connectivity index (χ4v) is 11.6. The molecule has 11 atom stereocenters. The monoisotopic (exact) mass is 1300 g/mol. The molecular weight excluding hydrogens is 1220 g/mol. The number of ether oxygens (including phenoxy) is 5. The first-order valence-electron chi connectivity index (χ1n) is 27.6. The molecule has 79 heavy (non-hydrogen) atoms. The maximum absolute atomic E-state index is 15.6. The Bertz CT molecular complexity index is 2630. The Kier molecular flexibility index (Phi) is 23.7. The van der Waals surface area contributed by atoms with Crippen molar-refractivity contribution in [2.45, 2.75) is 180 Å². The molecule has 11 unspecified atom stereocenters. The predicted molar refractivity (Wildman–Crippen MR) is 299 cm³/mol. The number of esters is 3. The summed E-state index contributed by atoms with van der Waals surface area (Å²) in [5, 5.41) is 42.1. The van der Waals surface area contributed by atoms with Crippen LogP contribution in [-0.4, -0.2) is 99.0 Å². The standard InChI is InChI=1S/C64H83NO13.Ac/c1-10-11-12-13-14-15-16-17-18-19-20-21-22-23-24-25-26-27-34-39-50(66)76-48-40-49-63(72,42-74-49)54-56(77-58(70)46-37-32-29-33-38-46)64(73)41-47(43(2)51(61(64,7)8)53(67)55(68)62(48,54)9)75-57(69)44(3)52(45-35-30-28-31-36-45)65-59(71)78-60(4,5)6;/h11-12,14-15,17-18,20-21,23-24,26-33,35-38,44,47-49,52-54,56,67,72-73H,10,13,16,19,22,25,34,39-42H2,1-9H3,(H,65,71);/b12-11-,15-14-,18-17-,21-20-,24-23-,27-26-;. The van der Waals surface area contributed by atoms with E-state index in [9.17, 15) is 34.5 Å². The first-order chi connectivity index (χ1) is 37.0. The van der Waals surface area contributed by atoms with Crippen LogP contribution >= 0.6 is 0 Å². The van der Waals surface area contributed by atoms with Gasteiger partial charge in [0.1, 0.15) is 41.2 Å². The van der Waals surface area contributed by atoms with Gasteiger partial charge in [0.25, 0.3) is 0 Å². The summed E-state index contributed by atoms with van der Waals surface area (Å²) in [5.41, 5.74) is -7.73. The Morgan fingerprint density at radius 1 is 0.785 bits per heavy atom. The molecule has 1 radical (unpaired) electrons. The molecule has 1 amide bonds. The van der Waals surface area contributed by atoms with E-state index >= 15 is 4.79 Å². The number of Topliss-reactive ketones (excluding diaryl/α,β-unsaturated/α-hetero) is 1. The quantitative estimate of drug-likeness (QED) is 0.0493. The number of benzene rings is 2. The van der Waals surface area contributed by atoms with Crippen LogP contribution in [0.2, 0.25) is 0 Å². The molecule has 2 saturated carbocycles. The van der Waals surface area contributed by atoms with Gasteiger partial charge in [-0.25, -0.2) is 9.59 Å². The van der Waals surface area contributed by atoms with Crippen molar-refractivity contribution in [2.75, 3.05) is 6.61 Å². The minimum atomic E-state index is -2.31. The van der Waals surface area contributed by atoms with Gasteiger partial charge in [0.2, 0.25) is 0 Å². The van der Waals surface area contributed by atoms with Crippen LogP contribution in [0.5, 0.6) is 0 Å². The molecule has 425 valence electrons. The normalized spacial score (nSPS) is 28.4. The summed E-state index contributed by atoms with van der Waals surface area (Å²) in [4.78, 5) is 71.6. The maximum atomic E-state index is 15.6. The number of nitrogens with one attached hydrogen (secondary N) is 1. The van der Waals surface area contributed by atoms with E-state index in [0.717, 1.165) is 32.1 Å². The molecule has 6 rings (SSSR count). The van der Waals surface area contributed by atoms with Crippen molar-refractivity contribution in [3.05, 3.63) is 156 Å². The van der Waals surface area contributed by atoms with Gasteiger partial charge in [-0.2, -0.15) is 0 Å². The fraction of sp³-hybridized carbons (Fsp3) is 0.516. The van der Waals surface area contributed by atoms with Crippen molar-refractivity contribution < 1.29 is 107 Å². The molecular formula is C64H83AcNO13. The summed E-state index contributed by atoms with van der Waals surface area (Å²) in [6.45, 7) is 14.8. The zero-order chi connectivity index (χ0) is 56.9. The number of fused-ring (bicyclic) bond motifs is 5. The van der Waals surface area contributed by atoms with Gasteiger partial charge in [-0.3, -0.25) is 14.4 Å². The van der Waals surface area contributed by atoms with Crippen molar-refractivity contribution >= 4 is 29.8 Å². The average Bonchev–Trinajstić information content (AvgIpc) is 3.30. The molecule has 3 fully saturated rings. The molecule has 1 aliphatic heterocycles. The third-order valence-corrected chi connectivity index (χ3v) is 15.9. The zero-order valence-corrected chi connectivity index (χ0v) is 52.3. The summed E-state index contributed by atoms with van der Waals surface area (Å²) >= 11 is 0. The molecule has 14 nitrogen and oxygen atoms in total. The number of aliphatic hydroxyl groups excluding tert-OH is 1. The molecule has 3 aliphatic carbocycles. The van der Waals surface area contributed by atoms with Crippen LogP contribution in [0.25, 0.3) is 0 Å². The number of hydrogen-bond donors (Lipinski definition) is 4. The van der Waals surface area contributed by atoms with Gasteiger partial charge < -0.3 is 44.3 Å². The van der Waals surface area contributed by atoms with Gasteiger partial charge in [-0.15, -0.1) is 0 Å². The van der Waals surface area contributed by atoms with Crippen LogP contribution in [0.4, 0.5) is 4.79 Å². The van der Waals surface area contributed by atoms with E-state index in [-0.39, 0.29) is 80.2 Å². The first kappa shape index (κ1) is 65.1. The predicted octanol–water partition coefficient (Wildman–Crippen LogP) is 11.0. The van der Waals surface area contributed by atoms with E-state index in [1.165, 1.54) is 19.1 Å². The Labute approximate surface area is 503 Å². The molecule has 0 spiro atoms. The van der Waals surface area contributed by atoms with E-state index in [4.69, 9.17) is 23.7 Å². The number of carbonyl (C=O) groups is 5. The van der Waals surface area contributed by atoms with Crippen LogP contribution < -0.4 is 5.32 Å². The molecule has 1 saturated heterocycles. The largest absolute Gasteiger partial charge is 0.461 e. The van der Waals surface area contributed by atoms with Crippen LogP contribution in [0.1, 0.15) is 148 Å². The number of allylic oxidation sites excluding steroid dienone is 12. The third kappa shape index (κ3) is 15.4. The second-order valence-corrected chi connectivity index (χ2v) is 22.8. The zero-order valence-electron chi connectivity index (χ0n) is 47.6. The van der Waals surface area contributed by atoms with E-state index < -0.39 is 112 Å². The maximum Gasteiger partial charge on any atom is 0.408 e. The number of aliphatic hydroxyl groups is 3. The summed E-state index contributed by atoms with van der Waals surface area (Å²) in [7, 11) is 0. The van der Waals surface area contributed by atoms with E-state index in [1.807, 2.05) is 18.2 Å². The van der Waals surface area contributed by atoms with E-state index in [2.05, 4.69) is 66.9 Å². The van der Waals surface area contributed by atoms with E-state index in [0.29, 0.717) is 18.4 Å². The number of ketones is 1. The number of carbonyl (C=O) groups excluding carboxylic acids is 5. The minimum Gasteiger partial charge on any atom is -0.461 e. The third-order valence-electron chi connectivity index (χ3n) is 15.9. The molecule has 2 bridgehead atoms. The van der Waals surface area contributed by atoms with Crippen molar-refractivity contribution in [1.29, 1.82) is 0 Å². The van der Waals surface area contributed by atoms with E-state index in [1.54, 1.807) is 97.0 Å². The molecule has 2 aromatic carbocycles. The molecule has 4 N–H and O–H groups in total. The summed E-state index contributed by atoms with van der Waals surface area (Å²) in [6, 6.07) is 15.9. The minimum absolute atomic E-state index is 0. The molecule has 0 aromatic heterocycles. The topological polar surface area (TPSA) is 204 Å². The van der Waals surface area contributed by atoms with Crippen LogP contribution in [0.3, 0.4) is 0 Å². The van der Waals surface area contributed by atoms with Gasteiger partial charge in [-0.1, -0.05) is 142 Å². The van der Waals surface area contributed by atoms with Gasteiger partial charge >= 0.3 is 24.0 Å². The van der Waals surface area contributed by atoms with Crippen molar-refractivity contribution in [3.8, 4) is 0 Å². The number of hydrogen-bond acceptors (Lipinski definition) is 13. The van der Waals surface area contributed by atoms with Gasteiger partial charge in [0, 0.05) is 74.7 Å². The van der Waals surface area contributed by atoms with Crippen molar-refractivity contribution in [2.24, 2.45) is 22.7 Å². The average molecular weight is 1300 g/mol. The molecule has 4 aliphatic rings. The Hall–Kier alpha value is -4.75. The fourth-order valence-electron chi connectivity index (χ4n) is 11.6. The number of alkyl carbamates (subject to hydrolysis) is 1. The van der Waals surface area contributed by atoms with Crippen LogP contribution in [-0.2, 0) is 38.1 Å². The van der Waals surface area contributed by atoms with Crippen molar-refractivity contribution in [3.63, 3.8) is 0 Å². The van der Waals surface area contributed by atoms with Crippen molar-refractivity contribution in [1.82, 2.24) is 5.32 Å². The number of amides is 1. The summed E-state index contributed by atoms with van der Waals surface area (Å²) < 4.78 is 30.5. The molecule has 15 heteroatoms.